The van der Waals surface area contributed by atoms with Gasteiger partial charge in [0.2, 0.25) is 0 Å². The number of aromatic carboxylic acids is 1. The van der Waals surface area contributed by atoms with Gasteiger partial charge in [-0.25, -0.2) is 4.79 Å². The Bertz CT molecular complexity index is 585. The number of nitrogens with zero attached hydrogens (tertiary/aromatic N) is 1. The van der Waals surface area contributed by atoms with E-state index in [4.69, 9.17) is 16.1 Å². The average molecular weight is 270 g/mol. The lowest BCUT2D eigenvalue weighted by atomic mass is 10.1. The van der Waals surface area contributed by atoms with Gasteiger partial charge in [-0.15, -0.1) is 11.3 Å². The molecule has 1 saturated carbocycles. The predicted octanol–water partition coefficient (Wildman–Crippen LogP) is 3.63. The van der Waals surface area contributed by atoms with E-state index in [0.717, 1.165) is 12.8 Å². The van der Waals surface area contributed by atoms with Crippen molar-refractivity contribution in [2.24, 2.45) is 0 Å². The molecular formula is C11H8ClNO3S. The molecule has 0 atom stereocenters. The molecule has 0 spiro atoms. The van der Waals surface area contributed by atoms with E-state index < -0.39 is 5.97 Å². The number of thiophene rings is 1. The molecule has 4 nitrogen and oxygen atoms in total. The van der Waals surface area contributed by atoms with Crippen LogP contribution in [0.5, 0.6) is 0 Å². The second kappa shape index (κ2) is 3.85. The molecule has 3 rings (SSSR count). The average Bonchev–Trinajstić information content (AvgIpc) is 2.89. The first-order chi connectivity index (χ1) is 8.18. The summed E-state index contributed by atoms with van der Waals surface area (Å²) in [5, 5.41) is 15.4. The maximum atomic E-state index is 11.3. The van der Waals surface area contributed by atoms with Crippen LogP contribution in [0.15, 0.2) is 16.0 Å². The molecule has 6 heteroatoms. The Morgan fingerprint density at radius 1 is 1.59 bits per heavy atom. The summed E-state index contributed by atoms with van der Waals surface area (Å²) in [5.41, 5.74) is 0.510. The van der Waals surface area contributed by atoms with Crippen LogP contribution in [0.2, 0.25) is 5.02 Å². The maximum absolute atomic E-state index is 11.3. The van der Waals surface area contributed by atoms with E-state index in [-0.39, 0.29) is 11.5 Å². The van der Waals surface area contributed by atoms with Crippen molar-refractivity contribution >= 4 is 28.9 Å². The summed E-state index contributed by atoms with van der Waals surface area (Å²) in [4.78, 5) is 12.0. The van der Waals surface area contributed by atoms with E-state index in [9.17, 15) is 9.90 Å². The van der Waals surface area contributed by atoms with Crippen molar-refractivity contribution in [3.8, 4) is 10.6 Å². The third kappa shape index (κ3) is 1.75. The molecule has 0 saturated heterocycles. The molecule has 1 fully saturated rings. The second-order valence-electron chi connectivity index (χ2n) is 3.95. The van der Waals surface area contributed by atoms with Crippen molar-refractivity contribution in [2.45, 2.75) is 18.8 Å². The molecule has 1 aliphatic carbocycles. The van der Waals surface area contributed by atoms with Crippen LogP contribution < -0.4 is 0 Å². The SMILES string of the molecule is O=C(O)c1c(-c2sccc2Cl)noc1C1CC1. The zero-order valence-corrected chi connectivity index (χ0v) is 10.2. The zero-order chi connectivity index (χ0) is 12.0. The van der Waals surface area contributed by atoms with Crippen LogP contribution in [0.1, 0.15) is 34.9 Å². The Hall–Kier alpha value is -1.33. The highest BCUT2D eigenvalue weighted by Gasteiger charge is 2.35. The molecule has 2 aromatic rings. The van der Waals surface area contributed by atoms with Crippen molar-refractivity contribution in [2.75, 3.05) is 0 Å². The molecule has 0 radical (unpaired) electrons. The minimum Gasteiger partial charge on any atom is -0.477 e. The monoisotopic (exact) mass is 269 g/mol. The first-order valence-electron chi connectivity index (χ1n) is 5.14. The second-order valence-corrected chi connectivity index (χ2v) is 5.27. The van der Waals surface area contributed by atoms with Gasteiger partial charge in [0.05, 0.1) is 9.90 Å². The number of carbonyl (C=O) groups is 1. The smallest absolute Gasteiger partial charge is 0.341 e. The number of carboxylic acid groups (broad SMARTS) is 1. The largest absolute Gasteiger partial charge is 0.477 e. The van der Waals surface area contributed by atoms with Gasteiger partial charge in [-0.3, -0.25) is 0 Å². The van der Waals surface area contributed by atoms with E-state index in [1.807, 2.05) is 0 Å². The summed E-state index contributed by atoms with van der Waals surface area (Å²) in [6, 6.07) is 1.72. The van der Waals surface area contributed by atoms with Gasteiger partial charge in [0.15, 0.2) is 5.76 Å². The molecule has 0 bridgehead atoms. The fraction of sp³-hybridized carbons (Fsp3) is 0.273. The van der Waals surface area contributed by atoms with E-state index in [1.54, 1.807) is 11.4 Å². The van der Waals surface area contributed by atoms with Crippen LogP contribution in [0.25, 0.3) is 10.6 Å². The molecule has 2 heterocycles. The first-order valence-corrected chi connectivity index (χ1v) is 6.40. The van der Waals surface area contributed by atoms with Crippen LogP contribution in [0.3, 0.4) is 0 Å². The summed E-state index contributed by atoms with van der Waals surface area (Å²) < 4.78 is 5.18. The van der Waals surface area contributed by atoms with Gasteiger partial charge < -0.3 is 9.63 Å². The molecule has 88 valence electrons. The maximum Gasteiger partial charge on any atom is 0.341 e. The fourth-order valence-corrected chi connectivity index (χ4v) is 2.88. The van der Waals surface area contributed by atoms with E-state index in [1.165, 1.54) is 11.3 Å². The van der Waals surface area contributed by atoms with Gasteiger partial charge in [0, 0.05) is 5.92 Å². The quantitative estimate of drug-likeness (QED) is 0.924. The topological polar surface area (TPSA) is 63.3 Å². The summed E-state index contributed by atoms with van der Waals surface area (Å²) in [5.74, 6) is -0.314. The van der Waals surface area contributed by atoms with Gasteiger partial charge in [0.25, 0.3) is 0 Å². The number of hydrogen-bond acceptors (Lipinski definition) is 4. The van der Waals surface area contributed by atoms with Crippen molar-refractivity contribution in [1.29, 1.82) is 0 Å². The Morgan fingerprint density at radius 2 is 2.35 bits per heavy atom. The number of hydrogen-bond donors (Lipinski definition) is 1. The summed E-state index contributed by atoms with van der Waals surface area (Å²) in [7, 11) is 0. The lowest BCUT2D eigenvalue weighted by molar-refractivity contribution is 0.0695. The third-order valence-corrected chi connectivity index (χ3v) is 4.06. The normalized spacial score (nSPS) is 15.1. The molecule has 1 aliphatic rings. The van der Waals surface area contributed by atoms with E-state index >= 15 is 0 Å². The highest BCUT2D eigenvalue weighted by Crippen LogP contribution is 2.45. The lowest BCUT2D eigenvalue weighted by Crippen LogP contribution is -2.00. The standard InChI is InChI=1S/C11H8ClNO3S/c12-6-3-4-17-10(6)8-7(11(14)15)9(16-13-8)5-1-2-5/h3-5H,1-2H2,(H,14,15). The van der Waals surface area contributed by atoms with Crippen molar-refractivity contribution in [3.05, 3.63) is 27.8 Å². The number of halogens is 1. The minimum absolute atomic E-state index is 0.164. The molecule has 0 aliphatic heterocycles. The van der Waals surface area contributed by atoms with Crippen LogP contribution in [0.4, 0.5) is 0 Å². The Balaban J connectivity index is 2.17. The predicted molar refractivity (Wildman–Crippen MR) is 63.8 cm³/mol. The number of rotatable bonds is 3. The van der Waals surface area contributed by atoms with Gasteiger partial charge >= 0.3 is 5.97 Å². The van der Waals surface area contributed by atoms with Gasteiger partial charge in [-0.2, -0.15) is 0 Å². The number of carboxylic acids is 1. The van der Waals surface area contributed by atoms with Crippen LogP contribution in [-0.2, 0) is 0 Å². The van der Waals surface area contributed by atoms with E-state index in [0.29, 0.717) is 21.4 Å². The minimum atomic E-state index is -1.01. The molecule has 17 heavy (non-hydrogen) atoms. The van der Waals surface area contributed by atoms with Gasteiger partial charge in [0.1, 0.15) is 11.3 Å². The van der Waals surface area contributed by atoms with E-state index in [2.05, 4.69) is 5.16 Å². The summed E-state index contributed by atoms with van der Waals surface area (Å²) in [6.45, 7) is 0. The zero-order valence-electron chi connectivity index (χ0n) is 8.64. The van der Waals surface area contributed by atoms with Crippen LogP contribution in [-0.4, -0.2) is 16.2 Å². The highest BCUT2D eigenvalue weighted by atomic mass is 35.5. The first kappa shape index (κ1) is 10.8. The van der Waals surface area contributed by atoms with Crippen LogP contribution in [0, 0.1) is 0 Å². The Labute approximate surface area is 106 Å². The summed E-state index contributed by atoms with van der Waals surface area (Å²) >= 11 is 7.35. The fourth-order valence-electron chi connectivity index (χ4n) is 1.75. The number of aromatic nitrogens is 1. The molecule has 0 unspecified atom stereocenters. The highest BCUT2D eigenvalue weighted by molar-refractivity contribution is 7.14. The van der Waals surface area contributed by atoms with Crippen molar-refractivity contribution in [3.63, 3.8) is 0 Å². The van der Waals surface area contributed by atoms with Crippen LogP contribution >= 0.6 is 22.9 Å². The molecule has 2 aromatic heterocycles. The molecular weight excluding hydrogens is 262 g/mol. The molecule has 0 aromatic carbocycles. The Kier molecular flexibility index (Phi) is 2.45. The third-order valence-electron chi connectivity index (χ3n) is 2.71. The van der Waals surface area contributed by atoms with Gasteiger partial charge in [-0.1, -0.05) is 16.8 Å². The lowest BCUT2D eigenvalue weighted by Gasteiger charge is -1.96. The molecule has 0 amide bonds. The van der Waals surface area contributed by atoms with Crippen molar-refractivity contribution in [1.82, 2.24) is 5.16 Å². The summed E-state index contributed by atoms with van der Waals surface area (Å²) in [6.07, 6.45) is 1.93. The molecule has 1 N–H and O–H groups in total. The van der Waals surface area contributed by atoms with Crippen molar-refractivity contribution < 1.29 is 14.4 Å². The Morgan fingerprint density at radius 3 is 2.88 bits per heavy atom. The van der Waals surface area contributed by atoms with Gasteiger partial charge in [-0.05, 0) is 24.3 Å².